The third kappa shape index (κ3) is 6.28. The molecule has 0 amide bonds. The van der Waals surface area contributed by atoms with Gasteiger partial charge in [0.15, 0.2) is 17.5 Å². The molecule has 0 atom stereocenters. The molecule has 13 rings (SSSR count). The fourth-order valence-electron chi connectivity index (χ4n) is 9.84. The third-order valence-corrected chi connectivity index (χ3v) is 12.9. The number of hydrogen-bond donors (Lipinski definition) is 0. The number of fused-ring (bicyclic) bond motifs is 7. The molecule has 308 valence electrons. The highest BCUT2D eigenvalue weighted by Gasteiger charge is 2.20. The van der Waals surface area contributed by atoms with Gasteiger partial charge >= 0.3 is 0 Å². The van der Waals surface area contributed by atoms with E-state index < -0.39 is 0 Å². The third-order valence-electron chi connectivity index (χ3n) is 12.9. The molecule has 10 aromatic carbocycles. The maximum atomic E-state index is 5.33. The molecule has 0 saturated carbocycles. The predicted molar refractivity (Wildman–Crippen MR) is 273 cm³/mol. The standard InChI is InChI=1S/C61H39N5/c1-3-16-40(17-4-1)42-30-31-44-37-45(33-32-43(44)36-42)49-35-34-47(39-58(49)66-56-28-13-9-24-52(56)53-25-10-14-29-57(53)66)61-63-59(41-18-5-2-6-19-41)62-60(64-61)46-20-15-21-48(38-46)65-54-26-11-7-22-50(54)51-23-8-12-27-55(51)65/h1-39H. The Morgan fingerprint density at radius 2 is 0.682 bits per heavy atom. The molecule has 3 aromatic heterocycles. The first-order valence-electron chi connectivity index (χ1n) is 22.3. The fourth-order valence-corrected chi connectivity index (χ4v) is 9.84. The van der Waals surface area contributed by atoms with Gasteiger partial charge in [0.1, 0.15) is 0 Å². The van der Waals surface area contributed by atoms with Crippen molar-refractivity contribution in [3.8, 4) is 67.8 Å². The van der Waals surface area contributed by atoms with Crippen LogP contribution in [0.3, 0.4) is 0 Å². The first-order chi connectivity index (χ1) is 32.7. The second kappa shape index (κ2) is 15.4. The van der Waals surface area contributed by atoms with Crippen LogP contribution >= 0.6 is 0 Å². The SMILES string of the molecule is c1ccc(-c2ccc3cc(-c4ccc(-c5nc(-c6ccccc6)nc(-c6cccc(-n7c8ccccc8c8ccccc87)c6)n5)cc4-n4c5ccccc5c5ccccc54)ccc3c2)cc1. The van der Waals surface area contributed by atoms with E-state index in [1.165, 1.54) is 43.4 Å². The van der Waals surface area contributed by atoms with Gasteiger partial charge in [0.05, 0.1) is 27.8 Å². The second-order valence-electron chi connectivity index (χ2n) is 16.8. The molecule has 0 aliphatic rings. The summed E-state index contributed by atoms with van der Waals surface area (Å²) in [6, 6.07) is 84.1. The first-order valence-corrected chi connectivity index (χ1v) is 22.3. The van der Waals surface area contributed by atoms with E-state index in [-0.39, 0.29) is 0 Å². The largest absolute Gasteiger partial charge is 0.309 e. The Labute approximate surface area is 381 Å². The molecule has 0 saturated heterocycles. The van der Waals surface area contributed by atoms with Crippen LogP contribution < -0.4 is 0 Å². The number of aromatic nitrogens is 5. The summed E-state index contributed by atoms with van der Waals surface area (Å²) in [7, 11) is 0. The molecule has 5 nitrogen and oxygen atoms in total. The summed E-state index contributed by atoms with van der Waals surface area (Å²) < 4.78 is 4.74. The number of para-hydroxylation sites is 4. The van der Waals surface area contributed by atoms with Gasteiger partial charge in [-0.1, -0.05) is 182 Å². The van der Waals surface area contributed by atoms with Crippen LogP contribution in [0.1, 0.15) is 0 Å². The minimum Gasteiger partial charge on any atom is -0.309 e. The van der Waals surface area contributed by atoms with E-state index in [1.807, 2.05) is 18.2 Å². The summed E-state index contributed by atoms with van der Waals surface area (Å²) in [6.07, 6.45) is 0. The van der Waals surface area contributed by atoms with Crippen molar-refractivity contribution in [3.05, 3.63) is 237 Å². The van der Waals surface area contributed by atoms with Gasteiger partial charge in [0.2, 0.25) is 0 Å². The highest BCUT2D eigenvalue weighted by atomic mass is 15.0. The van der Waals surface area contributed by atoms with Crippen molar-refractivity contribution in [1.82, 2.24) is 24.1 Å². The summed E-state index contributed by atoms with van der Waals surface area (Å²) in [5.74, 6) is 1.82. The summed E-state index contributed by atoms with van der Waals surface area (Å²) in [5, 5.41) is 7.22. The van der Waals surface area contributed by atoms with Crippen LogP contribution in [0, 0.1) is 0 Å². The Balaban J connectivity index is 1.01. The van der Waals surface area contributed by atoms with Crippen LogP contribution in [0.25, 0.3) is 122 Å². The van der Waals surface area contributed by atoms with Crippen molar-refractivity contribution in [2.75, 3.05) is 0 Å². The van der Waals surface area contributed by atoms with Crippen LogP contribution in [-0.2, 0) is 0 Å². The summed E-state index contributed by atoms with van der Waals surface area (Å²) in [4.78, 5) is 15.8. The number of hydrogen-bond acceptors (Lipinski definition) is 3. The zero-order chi connectivity index (χ0) is 43.6. The van der Waals surface area contributed by atoms with E-state index in [2.05, 4.69) is 228 Å². The number of benzene rings is 10. The first kappa shape index (κ1) is 37.6. The molecule has 0 spiro atoms. The highest BCUT2D eigenvalue weighted by molar-refractivity contribution is 6.11. The quantitative estimate of drug-likeness (QED) is 0.161. The molecule has 0 unspecified atom stereocenters. The van der Waals surface area contributed by atoms with E-state index in [0.29, 0.717) is 17.5 Å². The minimum absolute atomic E-state index is 0.599. The van der Waals surface area contributed by atoms with Gasteiger partial charge in [0.25, 0.3) is 0 Å². The Bertz CT molecular complexity index is 3890. The van der Waals surface area contributed by atoms with Crippen molar-refractivity contribution in [2.24, 2.45) is 0 Å². The number of rotatable bonds is 7. The smallest absolute Gasteiger partial charge is 0.164 e. The van der Waals surface area contributed by atoms with E-state index >= 15 is 0 Å². The Kier molecular flexibility index (Phi) is 8.78. The lowest BCUT2D eigenvalue weighted by molar-refractivity contribution is 1.07. The van der Waals surface area contributed by atoms with Crippen LogP contribution in [0.2, 0.25) is 0 Å². The Hall–Kier alpha value is -8.93. The van der Waals surface area contributed by atoms with Crippen LogP contribution in [-0.4, -0.2) is 24.1 Å². The monoisotopic (exact) mass is 841 g/mol. The minimum atomic E-state index is 0.599. The van der Waals surface area contributed by atoms with Gasteiger partial charge in [-0.05, 0) is 82.1 Å². The summed E-state index contributed by atoms with van der Waals surface area (Å²) in [5.41, 5.74) is 14.0. The van der Waals surface area contributed by atoms with E-state index in [4.69, 9.17) is 15.0 Å². The maximum Gasteiger partial charge on any atom is 0.164 e. The highest BCUT2D eigenvalue weighted by Crippen LogP contribution is 2.40. The van der Waals surface area contributed by atoms with Crippen molar-refractivity contribution >= 4 is 54.4 Å². The van der Waals surface area contributed by atoms with Crippen molar-refractivity contribution in [3.63, 3.8) is 0 Å². The predicted octanol–water partition coefficient (Wildman–Crippen LogP) is 15.6. The average Bonchev–Trinajstić information content (AvgIpc) is 3.92. The van der Waals surface area contributed by atoms with E-state index in [1.54, 1.807) is 0 Å². The number of nitrogens with zero attached hydrogens (tertiary/aromatic N) is 5. The van der Waals surface area contributed by atoms with Gasteiger partial charge in [-0.3, -0.25) is 0 Å². The molecule has 0 aliphatic heterocycles. The van der Waals surface area contributed by atoms with Crippen LogP contribution in [0.15, 0.2) is 237 Å². The lowest BCUT2D eigenvalue weighted by Crippen LogP contribution is -2.03. The van der Waals surface area contributed by atoms with Crippen molar-refractivity contribution in [2.45, 2.75) is 0 Å². The molecule has 5 heteroatoms. The molecule has 13 aromatic rings. The molecule has 3 heterocycles. The van der Waals surface area contributed by atoms with Crippen LogP contribution in [0.5, 0.6) is 0 Å². The van der Waals surface area contributed by atoms with E-state index in [9.17, 15) is 0 Å². The Morgan fingerprint density at radius 1 is 0.258 bits per heavy atom. The maximum absolute atomic E-state index is 5.33. The molecule has 0 N–H and O–H groups in total. The molecule has 0 aliphatic carbocycles. The second-order valence-corrected chi connectivity index (χ2v) is 16.8. The molecule has 0 bridgehead atoms. The lowest BCUT2D eigenvalue weighted by atomic mass is 9.96. The van der Waals surface area contributed by atoms with Gasteiger partial charge in [0, 0.05) is 49.5 Å². The van der Waals surface area contributed by atoms with Crippen molar-refractivity contribution < 1.29 is 0 Å². The topological polar surface area (TPSA) is 48.5 Å². The molecule has 0 fully saturated rings. The van der Waals surface area contributed by atoms with Gasteiger partial charge in [-0.2, -0.15) is 0 Å². The van der Waals surface area contributed by atoms with E-state index in [0.717, 1.165) is 61.3 Å². The zero-order valence-corrected chi connectivity index (χ0v) is 35.8. The van der Waals surface area contributed by atoms with Gasteiger partial charge in [-0.25, -0.2) is 15.0 Å². The zero-order valence-electron chi connectivity index (χ0n) is 35.8. The van der Waals surface area contributed by atoms with Gasteiger partial charge < -0.3 is 9.13 Å². The van der Waals surface area contributed by atoms with Gasteiger partial charge in [-0.15, -0.1) is 0 Å². The molecule has 66 heavy (non-hydrogen) atoms. The lowest BCUT2D eigenvalue weighted by Gasteiger charge is -2.17. The molecule has 0 radical (unpaired) electrons. The molecular weight excluding hydrogens is 803 g/mol. The normalized spacial score (nSPS) is 11.6. The summed E-state index contributed by atoms with van der Waals surface area (Å²) >= 11 is 0. The fraction of sp³-hybridized carbons (Fsp3) is 0. The van der Waals surface area contributed by atoms with Crippen molar-refractivity contribution in [1.29, 1.82) is 0 Å². The average molecular weight is 842 g/mol. The Morgan fingerprint density at radius 3 is 1.26 bits per heavy atom. The van der Waals surface area contributed by atoms with Crippen LogP contribution in [0.4, 0.5) is 0 Å². The molecular formula is C61H39N5. The summed E-state index contributed by atoms with van der Waals surface area (Å²) in [6.45, 7) is 0.